The maximum atomic E-state index is 14.8. The molecule has 0 amide bonds. The monoisotopic (exact) mass is 1360 g/mol. The molecule has 0 radical (unpaired) electrons. The molecule has 0 bridgehead atoms. The molecule has 1 aliphatic rings. The van der Waals surface area contributed by atoms with Crippen LogP contribution < -0.4 is 32.8 Å². The highest BCUT2D eigenvalue weighted by Crippen LogP contribution is 2.50. The number of nitrogens with zero attached hydrogens (tertiary/aromatic N) is 6. The van der Waals surface area contributed by atoms with Gasteiger partial charge in [-0.2, -0.15) is 0 Å². The Morgan fingerprint density at radius 2 is 1.37 bits per heavy atom. The van der Waals surface area contributed by atoms with Crippen LogP contribution in [0.15, 0.2) is 164 Å². The Balaban J connectivity index is 0.926. The summed E-state index contributed by atoms with van der Waals surface area (Å²) in [5.74, 6) is 3.35. The molecule has 1 saturated heterocycles. The maximum absolute atomic E-state index is 14.8. The molecule has 1 unspecified atom stereocenters. The molecule has 16 nitrogen and oxygen atoms in total. The first-order chi connectivity index (χ1) is 46.8. The van der Waals surface area contributed by atoms with Crippen LogP contribution in [0.2, 0.25) is 23.2 Å². The van der Waals surface area contributed by atoms with Crippen molar-refractivity contribution in [2.75, 3.05) is 74.3 Å². The van der Waals surface area contributed by atoms with Gasteiger partial charge >= 0.3 is 5.97 Å². The van der Waals surface area contributed by atoms with E-state index in [9.17, 15) is 9.18 Å². The number of hydrogen-bond donors (Lipinski definition) is 0. The zero-order valence-corrected chi connectivity index (χ0v) is 59.3. The fourth-order valence-corrected chi connectivity index (χ4v) is 13.8. The number of ether oxygens (including phenoxy) is 8. The number of benzene rings is 7. The van der Waals surface area contributed by atoms with Crippen LogP contribution in [-0.4, -0.2) is 131 Å². The van der Waals surface area contributed by atoms with Crippen molar-refractivity contribution in [3.63, 3.8) is 0 Å². The van der Waals surface area contributed by atoms with Gasteiger partial charge in [0.2, 0.25) is 20.3 Å². The van der Waals surface area contributed by atoms with Crippen LogP contribution in [0.3, 0.4) is 0 Å². The number of likely N-dealkylation sites (N-methyl/N-ethyl adjacent to an activating group) is 1. The minimum absolute atomic E-state index is 0.0223. The lowest BCUT2D eigenvalue weighted by Gasteiger charge is -2.36. The number of hydrogen-bond acceptors (Lipinski definition) is 17. The van der Waals surface area contributed by atoms with E-state index in [2.05, 4.69) is 98.2 Å². The van der Waals surface area contributed by atoms with Crippen molar-refractivity contribution < 1.29 is 51.5 Å². The summed E-state index contributed by atoms with van der Waals surface area (Å²) in [4.78, 5) is 39.6. The summed E-state index contributed by atoms with van der Waals surface area (Å²) in [6, 6.07) is 47.7. The number of para-hydroxylation sites is 1. The molecule has 10 aromatic rings. The summed E-state index contributed by atoms with van der Waals surface area (Å²) in [5, 5.41) is 0.782. The van der Waals surface area contributed by atoms with Gasteiger partial charge in [0.05, 0.1) is 62.8 Å². The average Bonchev–Trinajstić information content (AvgIpc) is 1.62. The highest BCUT2D eigenvalue weighted by Gasteiger charge is 2.39. The number of halogens is 2. The second-order valence-electron chi connectivity index (χ2n) is 25.5. The molecular weight excluding hydrogens is 1280 g/mol. The summed E-state index contributed by atoms with van der Waals surface area (Å²) in [6.07, 6.45) is 1.37. The Bertz CT molecular complexity index is 4360. The lowest BCUT2D eigenvalue weighted by molar-refractivity contribution is -0.151. The van der Waals surface area contributed by atoms with Gasteiger partial charge in [0.15, 0.2) is 5.82 Å². The first kappa shape index (κ1) is 69.4. The molecule has 4 heterocycles. The number of carbonyl (C=O) groups excluding carboxylic acids is 1. The van der Waals surface area contributed by atoms with E-state index in [1.54, 1.807) is 52.6 Å². The number of methoxy groups -OCH3 is 3. The number of rotatable bonds is 27. The normalized spacial score (nSPS) is 13.6. The van der Waals surface area contributed by atoms with Crippen molar-refractivity contribution in [1.29, 1.82) is 0 Å². The molecule has 7 aromatic carbocycles. The molecular formula is C77H82ClFN6O10SSi. The van der Waals surface area contributed by atoms with Crippen LogP contribution in [0.25, 0.3) is 65.4 Å². The molecule has 97 heavy (non-hydrogen) atoms. The van der Waals surface area contributed by atoms with Crippen LogP contribution in [0.1, 0.15) is 50.1 Å². The average molecular weight is 1370 g/mol. The first-order valence-corrected chi connectivity index (χ1v) is 36.5. The van der Waals surface area contributed by atoms with Gasteiger partial charge in [-0.1, -0.05) is 99.1 Å². The van der Waals surface area contributed by atoms with Gasteiger partial charge in [-0.25, -0.2) is 29.1 Å². The molecule has 0 spiro atoms. The topological polar surface area (TPSA) is 158 Å². The van der Waals surface area contributed by atoms with Crippen LogP contribution in [0, 0.1) is 12.7 Å². The Hall–Kier alpha value is -8.95. The van der Waals surface area contributed by atoms with Gasteiger partial charge in [0.25, 0.3) is 0 Å². The van der Waals surface area contributed by atoms with Crippen LogP contribution in [-0.2, 0) is 33.9 Å². The number of thiophene rings is 1. The lowest BCUT2D eigenvalue weighted by atomic mass is 9.94. The lowest BCUT2D eigenvalue weighted by Crippen LogP contribution is -2.48. The summed E-state index contributed by atoms with van der Waals surface area (Å²) in [6.45, 7) is 19.4. The molecule has 0 N–H and O–H groups in total. The number of aromatic nitrogens is 4. The quantitative estimate of drug-likeness (QED) is 0.0353. The Morgan fingerprint density at radius 3 is 2.07 bits per heavy atom. The van der Waals surface area contributed by atoms with Crippen LogP contribution in [0.5, 0.6) is 40.4 Å². The zero-order valence-electron chi connectivity index (χ0n) is 56.7. The summed E-state index contributed by atoms with van der Waals surface area (Å²) >= 11 is 8.99. The molecule has 3 aromatic heterocycles. The van der Waals surface area contributed by atoms with Gasteiger partial charge in [-0.15, -0.1) is 11.3 Å². The molecule has 1 fully saturated rings. The predicted molar refractivity (Wildman–Crippen MR) is 384 cm³/mol. The third kappa shape index (κ3) is 16.5. The minimum Gasteiger partial charge on any atom is -0.543 e. The molecule has 0 saturated carbocycles. The number of esters is 1. The third-order valence-corrected chi connectivity index (χ3v) is 23.9. The number of carbonyl (C=O) groups is 1. The van der Waals surface area contributed by atoms with Crippen molar-refractivity contribution in [1.82, 2.24) is 29.7 Å². The van der Waals surface area contributed by atoms with E-state index in [4.69, 9.17) is 68.9 Å². The maximum Gasteiger partial charge on any atom is 0.347 e. The fourth-order valence-electron chi connectivity index (χ4n) is 11.4. The Kier molecular flexibility index (Phi) is 22.2. The second-order valence-corrected chi connectivity index (χ2v) is 31.6. The van der Waals surface area contributed by atoms with Crippen molar-refractivity contribution in [3.8, 4) is 95.6 Å². The van der Waals surface area contributed by atoms with E-state index in [1.165, 1.54) is 29.8 Å². The SMILES string of the molecule is CCOC(=O)C(Cc1cc(O[Si](C)(C)C(C)(C)C)ccc1OCc1ccnc(-c2ccccc2OC)n1)Oc1ncnc2sc(-c3ccc(F)cc3)c(-c3ccc(O[C@@H](COCc4ccc(-c5ccc(OC)cc5)cc4-c4ccc(OC)cc4)CN4CCN(C)CC4)c(Cl)c3C)c12. The largest absolute Gasteiger partial charge is 0.543 e. The molecule has 2 atom stereocenters. The third-order valence-electron chi connectivity index (χ3n) is 17.9. The molecule has 11 rings (SSSR count). The highest BCUT2D eigenvalue weighted by molar-refractivity contribution is 7.22. The molecule has 1 aliphatic heterocycles. The van der Waals surface area contributed by atoms with Crippen LogP contribution >= 0.6 is 22.9 Å². The van der Waals surface area contributed by atoms with E-state index >= 15 is 0 Å². The van der Waals surface area contributed by atoms with Gasteiger partial charge in [0.1, 0.15) is 64.2 Å². The predicted octanol–water partition coefficient (Wildman–Crippen LogP) is 16.7. The van der Waals surface area contributed by atoms with Gasteiger partial charge < -0.3 is 47.2 Å². The second kappa shape index (κ2) is 31.1. The smallest absolute Gasteiger partial charge is 0.347 e. The minimum atomic E-state index is -2.37. The van der Waals surface area contributed by atoms with Crippen molar-refractivity contribution in [3.05, 3.63) is 197 Å². The van der Waals surface area contributed by atoms with Crippen molar-refractivity contribution in [2.45, 2.75) is 84.6 Å². The molecule has 504 valence electrons. The van der Waals surface area contributed by atoms with Gasteiger partial charge in [-0.3, -0.25) is 4.90 Å². The Labute approximate surface area is 577 Å². The standard InChI is InChI=1S/C77H82ClFN6O10SSi/c1-12-91-76(86)68(43-55-41-60(95-97(10,11)77(3,4)5)31-33-65(55)92-46-57-35-36-80-73(83-57)63-15-13-14-16-66(63)89-9)94-74-70-69(72(96-75(70)82-48-81-74)52-19-25-56(79)26-20-52)62-32-34-67(71(78)49(62)2)93-61(44-85-39-37-84(6)38-40-85)47-90-45-54-18-17-53(50-21-27-58(87-7)28-22-50)42-64(54)51-23-29-59(88-8)30-24-51/h13-36,41-42,48,61,68H,12,37-40,43-47H2,1-11H3/t61-,68?/m1/s1. The number of fused-ring (bicyclic) bond motifs is 1. The number of piperazine rings is 1. The van der Waals surface area contributed by atoms with Gasteiger partial charge in [-0.05, 0) is 168 Å². The Morgan fingerprint density at radius 1 is 0.691 bits per heavy atom. The first-order valence-electron chi connectivity index (χ1n) is 32.4. The van der Waals surface area contributed by atoms with E-state index in [0.717, 1.165) is 87.1 Å². The summed E-state index contributed by atoms with van der Waals surface area (Å²) < 4.78 is 71.5. The zero-order chi connectivity index (χ0) is 68.4. The van der Waals surface area contributed by atoms with E-state index < -0.39 is 26.5 Å². The summed E-state index contributed by atoms with van der Waals surface area (Å²) in [7, 11) is 4.70. The van der Waals surface area contributed by atoms with E-state index in [-0.39, 0.29) is 43.0 Å². The van der Waals surface area contributed by atoms with E-state index in [0.29, 0.717) is 79.6 Å². The fraction of sp³-hybridized carbons (Fsp3) is 0.312. The van der Waals surface area contributed by atoms with Gasteiger partial charge in [0, 0.05) is 61.3 Å². The highest BCUT2D eigenvalue weighted by atomic mass is 35.5. The van der Waals surface area contributed by atoms with Crippen molar-refractivity contribution >= 4 is 47.4 Å². The molecule has 0 aliphatic carbocycles. The van der Waals surface area contributed by atoms with Crippen molar-refractivity contribution in [2.24, 2.45) is 0 Å². The molecule has 20 heteroatoms. The summed E-state index contributed by atoms with van der Waals surface area (Å²) in [5.41, 5.74) is 9.95. The van der Waals surface area contributed by atoms with E-state index in [1.807, 2.05) is 85.8 Å². The van der Waals surface area contributed by atoms with Crippen LogP contribution in [0.4, 0.5) is 4.39 Å².